The zero-order chi connectivity index (χ0) is 10.8. The van der Waals surface area contributed by atoms with Gasteiger partial charge in [0, 0.05) is 0 Å². The first-order valence-electron chi connectivity index (χ1n) is 3.51. The average molecular weight is 238 g/mol. The molecule has 0 N–H and O–H groups in total. The predicted octanol–water partition coefficient (Wildman–Crippen LogP) is 1.33. The fraction of sp³-hybridized carbons (Fsp3) is 0.286. The quantitative estimate of drug-likeness (QED) is 0.589. The Kier molecular flexibility index (Phi) is 3.22. The lowest BCUT2D eigenvalue weighted by Gasteiger charge is -1.98. The summed E-state index contributed by atoms with van der Waals surface area (Å²) in [5, 5.41) is 1.51. The number of esters is 1. The van der Waals surface area contributed by atoms with Crippen molar-refractivity contribution in [3.63, 3.8) is 0 Å². The zero-order valence-electron chi connectivity index (χ0n) is 7.19. The molecule has 0 saturated carbocycles. The van der Waals surface area contributed by atoms with Gasteiger partial charge < -0.3 is 4.74 Å². The van der Waals surface area contributed by atoms with E-state index in [0.29, 0.717) is 0 Å². The molecule has 1 rings (SSSR count). The highest BCUT2D eigenvalue weighted by atomic mass is 32.3. The Labute approximate surface area is 84.5 Å². The molecule has 0 saturated heterocycles. The highest BCUT2D eigenvalue weighted by Crippen LogP contribution is 2.20. The van der Waals surface area contributed by atoms with Crippen LogP contribution in [0.4, 0.5) is 3.89 Å². The Hall–Kier alpha value is -0.950. The molecular weight excluding hydrogens is 231 g/mol. The Morgan fingerprint density at radius 1 is 1.64 bits per heavy atom. The number of rotatable bonds is 3. The van der Waals surface area contributed by atoms with E-state index in [9.17, 15) is 17.1 Å². The van der Waals surface area contributed by atoms with Crippen LogP contribution in [0.5, 0.6) is 0 Å². The van der Waals surface area contributed by atoms with E-state index in [1.165, 1.54) is 18.6 Å². The zero-order valence-corrected chi connectivity index (χ0v) is 8.82. The maximum absolute atomic E-state index is 12.3. The summed E-state index contributed by atoms with van der Waals surface area (Å²) in [7, 11) is -3.44. The van der Waals surface area contributed by atoms with Gasteiger partial charge in [-0.05, 0) is 17.0 Å². The summed E-state index contributed by atoms with van der Waals surface area (Å²) in [5.41, 5.74) is 0.129. The third kappa shape index (κ3) is 2.78. The average Bonchev–Trinajstić information content (AvgIpc) is 2.48. The molecule has 0 amide bonds. The molecule has 78 valence electrons. The minimum atomic E-state index is -4.61. The van der Waals surface area contributed by atoms with Gasteiger partial charge in [-0.1, -0.05) is 0 Å². The van der Waals surface area contributed by atoms with Crippen molar-refractivity contribution in [1.29, 1.82) is 0 Å². The van der Waals surface area contributed by atoms with Gasteiger partial charge in [-0.25, -0.2) is 4.79 Å². The van der Waals surface area contributed by atoms with Gasteiger partial charge in [0.15, 0.2) is 0 Å². The van der Waals surface area contributed by atoms with Crippen LogP contribution in [0.2, 0.25) is 0 Å². The third-order valence-corrected chi connectivity index (χ3v) is 3.04. The molecule has 1 aromatic rings. The van der Waals surface area contributed by atoms with Gasteiger partial charge in [-0.15, -0.1) is 15.2 Å². The van der Waals surface area contributed by atoms with Gasteiger partial charge in [-0.2, -0.15) is 8.42 Å². The van der Waals surface area contributed by atoms with Crippen molar-refractivity contribution < 1.29 is 21.8 Å². The summed E-state index contributed by atoms with van der Waals surface area (Å²) in [5.74, 6) is -1.44. The summed E-state index contributed by atoms with van der Waals surface area (Å²) < 4.78 is 37.4. The molecule has 0 aliphatic carbocycles. The first kappa shape index (κ1) is 11.1. The molecule has 1 heterocycles. The summed E-state index contributed by atoms with van der Waals surface area (Å²) in [6.45, 7) is 0. The second kappa shape index (κ2) is 4.05. The van der Waals surface area contributed by atoms with E-state index in [0.717, 1.165) is 11.3 Å². The molecule has 14 heavy (non-hydrogen) atoms. The predicted molar refractivity (Wildman–Crippen MR) is 49.4 cm³/mol. The monoisotopic (exact) mass is 238 g/mol. The SMILES string of the molecule is COC(=O)c1sccc1CS(=O)(=O)F. The summed E-state index contributed by atoms with van der Waals surface area (Å²) in [6, 6.07) is 1.38. The first-order valence-corrected chi connectivity index (χ1v) is 5.94. The Morgan fingerprint density at radius 2 is 2.29 bits per heavy atom. The lowest BCUT2D eigenvalue weighted by atomic mass is 10.3. The molecule has 0 radical (unpaired) electrons. The first-order chi connectivity index (χ1) is 6.44. The molecular formula is C7H7FO4S2. The lowest BCUT2D eigenvalue weighted by molar-refractivity contribution is 0.0605. The van der Waals surface area contributed by atoms with Crippen molar-refractivity contribution in [3.05, 3.63) is 21.9 Å². The molecule has 0 fully saturated rings. The number of hydrogen-bond acceptors (Lipinski definition) is 5. The van der Waals surface area contributed by atoms with E-state index >= 15 is 0 Å². The highest BCUT2D eigenvalue weighted by molar-refractivity contribution is 7.85. The minimum absolute atomic E-state index is 0.119. The maximum Gasteiger partial charge on any atom is 0.348 e. The van der Waals surface area contributed by atoms with Gasteiger partial charge >= 0.3 is 16.2 Å². The van der Waals surface area contributed by atoms with Crippen LogP contribution in [0.1, 0.15) is 15.2 Å². The maximum atomic E-state index is 12.3. The van der Waals surface area contributed by atoms with Crippen molar-refractivity contribution in [1.82, 2.24) is 0 Å². The van der Waals surface area contributed by atoms with Crippen LogP contribution in [0.15, 0.2) is 11.4 Å². The lowest BCUT2D eigenvalue weighted by Crippen LogP contribution is -2.04. The summed E-state index contributed by atoms with van der Waals surface area (Å²) in [4.78, 5) is 11.2. The molecule has 0 aliphatic heterocycles. The fourth-order valence-electron chi connectivity index (χ4n) is 0.907. The smallest absolute Gasteiger partial charge is 0.348 e. The summed E-state index contributed by atoms with van der Waals surface area (Å²) >= 11 is 1.02. The molecule has 1 aromatic heterocycles. The topological polar surface area (TPSA) is 60.4 Å². The molecule has 0 atom stereocenters. The van der Waals surface area contributed by atoms with Crippen LogP contribution in [0, 0.1) is 0 Å². The molecule has 0 aliphatic rings. The Balaban J connectivity index is 3.00. The molecule has 0 bridgehead atoms. The van der Waals surface area contributed by atoms with Gasteiger partial charge in [0.1, 0.15) is 10.6 Å². The Bertz CT molecular complexity index is 434. The summed E-state index contributed by atoms with van der Waals surface area (Å²) in [6.07, 6.45) is 0. The van der Waals surface area contributed by atoms with E-state index in [-0.39, 0.29) is 10.4 Å². The third-order valence-electron chi connectivity index (χ3n) is 1.45. The van der Waals surface area contributed by atoms with Gasteiger partial charge in [-0.3, -0.25) is 0 Å². The number of carbonyl (C=O) groups is 1. The fourth-order valence-corrected chi connectivity index (χ4v) is 2.45. The van der Waals surface area contributed by atoms with Gasteiger partial charge in [0.2, 0.25) is 0 Å². The number of thiophene rings is 1. The van der Waals surface area contributed by atoms with Crippen LogP contribution in [-0.4, -0.2) is 21.5 Å². The number of methoxy groups -OCH3 is 1. The van der Waals surface area contributed by atoms with E-state index in [1.807, 2.05) is 0 Å². The molecule has 0 aromatic carbocycles. The molecule has 0 unspecified atom stereocenters. The number of hydrogen-bond donors (Lipinski definition) is 0. The second-order valence-corrected chi connectivity index (χ2v) is 4.73. The number of carbonyl (C=O) groups excluding carboxylic acids is 1. The van der Waals surface area contributed by atoms with Crippen molar-refractivity contribution >= 4 is 27.5 Å². The van der Waals surface area contributed by atoms with Crippen LogP contribution in [-0.2, 0) is 20.7 Å². The normalized spacial score (nSPS) is 11.3. The van der Waals surface area contributed by atoms with Crippen molar-refractivity contribution in [2.24, 2.45) is 0 Å². The molecule has 7 heteroatoms. The largest absolute Gasteiger partial charge is 0.465 e. The highest BCUT2D eigenvalue weighted by Gasteiger charge is 2.18. The van der Waals surface area contributed by atoms with E-state index in [2.05, 4.69) is 4.74 Å². The van der Waals surface area contributed by atoms with Gasteiger partial charge in [0.05, 0.1) is 7.11 Å². The van der Waals surface area contributed by atoms with E-state index < -0.39 is 21.9 Å². The number of ether oxygens (including phenoxy) is 1. The van der Waals surface area contributed by atoms with Crippen LogP contribution >= 0.6 is 11.3 Å². The van der Waals surface area contributed by atoms with Crippen LogP contribution in [0.3, 0.4) is 0 Å². The second-order valence-electron chi connectivity index (χ2n) is 2.45. The van der Waals surface area contributed by atoms with Crippen molar-refractivity contribution in [2.45, 2.75) is 5.75 Å². The van der Waals surface area contributed by atoms with Gasteiger partial charge in [0.25, 0.3) is 0 Å². The van der Waals surface area contributed by atoms with E-state index in [1.54, 1.807) is 0 Å². The van der Waals surface area contributed by atoms with Crippen LogP contribution < -0.4 is 0 Å². The Morgan fingerprint density at radius 3 is 2.79 bits per heavy atom. The van der Waals surface area contributed by atoms with Crippen molar-refractivity contribution in [2.75, 3.05) is 7.11 Å². The molecule has 4 nitrogen and oxygen atoms in total. The molecule has 0 spiro atoms. The minimum Gasteiger partial charge on any atom is -0.465 e. The van der Waals surface area contributed by atoms with E-state index in [4.69, 9.17) is 0 Å². The van der Waals surface area contributed by atoms with Crippen molar-refractivity contribution in [3.8, 4) is 0 Å². The van der Waals surface area contributed by atoms with Crippen LogP contribution in [0.25, 0.3) is 0 Å². The number of halogens is 1. The standard InChI is InChI=1S/C7H7FO4S2/c1-12-7(9)6-5(2-3-13-6)4-14(8,10)11/h2-3H,4H2,1H3.